The van der Waals surface area contributed by atoms with Crippen molar-refractivity contribution in [1.82, 2.24) is 0 Å². The van der Waals surface area contributed by atoms with Crippen molar-refractivity contribution in [2.45, 2.75) is 51.6 Å². The maximum absolute atomic E-state index is 13.3. The van der Waals surface area contributed by atoms with Crippen molar-refractivity contribution in [3.05, 3.63) is 51.5 Å². The molecule has 0 amide bonds. The van der Waals surface area contributed by atoms with Crippen molar-refractivity contribution in [2.24, 2.45) is 0 Å². The lowest BCUT2D eigenvalue weighted by Gasteiger charge is -2.14. The number of ether oxygens (including phenoxy) is 2. The molecule has 0 spiro atoms. The van der Waals surface area contributed by atoms with E-state index in [1.54, 1.807) is 18.2 Å². The van der Waals surface area contributed by atoms with E-state index in [0.29, 0.717) is 40.4 Å². The van der Waals surface area contributed by atoms with Gasteiger partial charge in [0.25, 0.3) is 0 Å². The van der Waals surface area contributed by atoms with Crippen LogP contribution in [0.3, 0.4) is 0 Å². The average Bonchev–Trinajstić information content (AvgIpc) is 2.67. The summed E-state index contributed by atoms with van der Waals surface area (Å²) < 4.78 is 50.0. The van der Waals surface area contributed by atoms with Crippen LogP contribution in [0.2, 0.25) is 0 Å². The number of hydrogen-bond donors (Lipinski definition) is 0. The molecular weight excluding hydrogens is 417 g/mol. The Hall–Kier alpha value is -2.35. The van der Waals surface area contributed by atoms with Crippen molar-refractivity contribution in [3.8, 4) is 5.75 Å². The van der Waals surface area contributed by atoms with E-state index < -0.39 is 22.5 Å². The van der Waals surface area contributed by atoms with Crippen molar-refractivity contribution >= 4 is 27.4 Å². The van der Waals surface area contributed by atoms with Crippen LogP contribution in [0.5, 0.6) is 5.75 Å². The van der Waals surface area contributed by atoms with E-state index in [1.807, 2.05) is 0 Å². The highest BCUT2D eigenvalue weighted by molar-refractivity contribution is 7.16. The molecule has 0 atom stereocenters. The predicted octanol–water partition coefficient (Wildman–Crippen LogP) is 6.04. The first kappa shape index (κ1) is 23.9. The molecule has 0 bridgehead atoms. The van der Waals surface area contributed by atoms with Crippen molar-refractivity contribution < 1.29 is 27.4 Å². The third-order valence-electron chi connectivity index (χ3n) is 4.64. The zero-order valence-electron chi connectivity index (χ0n) is 16.8. The van der Waals surface area contributed by atoms with Crippen LogP contribution in [0, 0.1) is 6.92 Å². The Morgan fingerprint density at radius 2 is 1.73 bits per heavy atom. The minimum Gasteiger partial charge on any atom is -0.493 e. The summed E-state index contributed by atoms with van der Waals surface area (Å²) in [6, 6.07) is 4.95. The molecule has 164 valence electrons. The van der Waals surface area contributed by atoms with E-state index >= 15 is 0 Å². The molecule has 1 aromatic carbocycles. The molecule has 0 fully saturated rings. The SMILES string of the molecule is C=CC(=O)OCCCCCCCCOc1cccc2sc(=O)c(C(F)(F)F)c(C)c12. The molecule has 2 aromatic rings. The smallest absolute Gasteiger partial charge is 0.421 e. The third-order valence-corrected chi connectivity index (χ3v) is 5.59. The second kappa shape index (κ2) is 11.2. The minimum absolute atomic E-state index is 0.0889. The van der Waals surface area contributed by atoms with Crippen LogP contribution in [-0.2, 0) is 15.7 Å². The molecule has 0 aliphatic heterocycles. The van der Waals surface area contributed by atoms with Crippen LogP contribution in [0.15, 0.2) is 35.6 Å². The van der Waals surface area contributed by atoms with Gasteiger partial charge in [-0.1, -0.05) is 49.7 Å². The maximum Gasteiger partial charge on any atom is 0.421 e. The molecule has 0 N–H and O–H groups in total. The lowest BCUT2D eigenvalue weighted by Crippen LogP contribution is -2.19. The van der Waals surface area contributed by atoms with E-state index in [2.05, 4.69) is 6.58 Å². The fraction of sp³-hybridized carbons (Fsp3) is 0.455. The first-order chi connectivity index (χ1) is 14.3. The molecule has 1 heterocycles. The molecule has 0 saturated carbocycles. The fourth-order valence-corrected chi connectivity index (χ4v) is 4.24. The standard InChI is InChI=1S/C22H25F3O4S/c1-3-18(26)29-14-9-7-5-4-6-8-13-28-16-11-10-12-17-19(16)15(2)20(21(27)30-17)22(23,24)25/h3,10-12H,1,4-9,13-14H2,2H3. The number of carbonyl (C=O) groups excluding carboxylic acids is 1. The molecule has 2 rings (SSSR count). The van der Waals surface area contributed by atoms with E-state index in [0.717, 1.165) is 44.6 Å². The zero-order chi connectivity index (χ0) is 22.1. The molecule has 0 aliphatic carbocycles. The number of esters is 1. The van der Waals surface area contributed by atoms with Gasteiger partial charge in [-0.2, -0.15) is 13.2 Å². The first-order valence-corrected chi connectivity index (χ1v) is 10.6. The third kappa shape index (κ3) is 6.58. The topological polar surface area (TPSA) is 52.6 Å². The highest BCUT2D eigenvalue weighted by Gasteiger charge is 2.37. The monoisotopic (exact) mass is 442 g/mol. The molecule has 0 aliphatic rings. The number of hydrogen-bond acceptors (Lipinski definition) is 5. The Labute approximate surface area is 177 Å². The maximum atomic E-state index is 13.3. The summed E-state index contributed by atoms with van der Waals surface area (Å²) >= 11 is 0.591. The quantitative estimate of drug-likeness (QED) is 0.242. The van der Waals surface area contributed by atoms with Crippen molar-refractivity contribution in [2.75, 3.05) is 13.2 Å². The van der Waals surface area contributed by atoms with E-state index in [-0.39, 0.29) is 5.56 Å². The van der Waals surface area contributed by atoms with Crippen LogP contribution in [-0.4, -0.2) is 19.2 Å². The second-order valence-electron chi connectivity index (χ2n) is 6.86. The summed E-state index contributed by atoms with van der Waals surface area (Å²) in [6.07, 6.45) is 1.90. The fourth-order valence-electron chi connectivity index (χ4n) is 3.17. The number of benzene rings is 1. The normalized spacial score (nSPS) is 11.5. The highest BCUT2D eigenvalue weighted by atomic mass is 32.1. The van der Waals surface area contributed by atoms with Gasteiger partial charge in [0.1, 0.15) is 11.3 Å². The highest BCUT2D eigenvalue weighted by Crippen LogP contribution is 2.37. The number of rotatable bonds is 11. The summed E-state index contributed by atoms with van der Waals surface area (Å²) in [6.45, 7) is 5.43. The summed E-state index contributed by atoms with van der Waals surface area (Å²) in [4.78, 5) is 22.8. The second-order valence-corrected chi connectivity index (χ2v) is 7.87. The van der Waals surface area contributed by atoms with Crippen LogP contribution >= 0.6 is 11.3 Å². The number of aryl methyl sites for hydroxylation is 1. The molecule has 0 radical (unpaired) electrons. The Morgan fingerprint density at radius 1 is 1.10 bits per heavy atom. The van der Waals surface area contributed by atoms with E-state index in [4.69, 9.17) is 9.47 Å². The molecule has 0 unspecified atom stereocenters. The van der Waals surface area contributed by atoms with Gasteiger partial charge in [-0.15, -0.1) is 0 Å². The molecule has 4 nitrogen and oxygen atoms in total. The van der Waals surface area contributed by atoms with Crippen LogP contribution in [0.25, 0.3) is 10.1 Å². The van der Waals surface area contributed by atoms with Gasteiger partial charge in [0.05, 0.1) is 13.2 Å². The van der Waals surface area contributed by atoms with Gasteiger partial charge >= 0.3 is 12.1 Å². The van der Waals surface area contributed by atoms with Crippen molar-refractivity contribution in [1.29, 1.82) is 0 Å². The largest absolute Gasteiger partial charge is 0.493 e. The minimum atomic E-state index is -4.69. The number of unbranched alkanes of at least 4 members (excludes halogenated alkanes) is 5. The Morgan fingerprint density at radius 3 is 2.37 bits per heavy atom. The summed E-state index contributed by atoms with van der Waals surface area (Å²) in [5, 5.41) is 0.350. The van der Waals surface area contributed by atoms with Gasteiger partial charge in [-0.25, -0.2) is 4.79 Å². The van der Waals surface area contributed by atoms with Gasteiger partial charge in [0, 0.05) is 16.2 Å². The molecule has 0 saturated heterocycles. The Bertz CT molecular complexity index is 934. The Kier molecular flexibility index (Phi) is 8.89. The lowest BCUT2D eigenvalue weighted by molar-refractivity contribution is -0.139. The van der Waals surface area contributed by atoms with Crippen LogP contribution in [0.1, 0.15) is 49.7 Å². The molecular formula is C22H25F3O4S. The number of fused-ring (bicyclic) bond motifs is 1. The molecule has 30 heavy (non-hydrogen) atoms. The number of halogens is 3. The summed E-state index contributed by atoms with van der Waals surface area (Å²) in [5.74, 6) is -0.0405. The van der Waals surface area contributed by atoms with Gasteiger partial charge in [0.15, 0.2) is 0 Å². The van der Waals surface area contributed by atoms with Gasteiger partial charge < -0.3 is 9.47 Å². The predicted molar refractivity (Wildman–Crippen MR) is 112 cm³/mol. The number of alkyl halides is 3. The van der Waals surface area contributed by atoms with E-state index in [9.17, 15) is 22.8 Å². The molecule has 1 aromatic heterocycles. The Balaban J connectivity index is 1.85. The van der Waals surface area contributed by atoms with Crippen LogP contribution in [0.4, 0.5) is 13.2 Å². The van der Waals surface area contributed by atoms with Crippen molar-refractivity contribution in [3.63, 3.8) is 0 Å². The average molecular weight is 442 g/mol. The van der Waals surface area contributed by atoms with E-state index in [1.165, 1.54) is 6.92 Å². The van der Waals surface area contributed by atoms with Gasteiger partial charge in [-0.05, 0) is 37.5 Å². The zero-order valence-corrected chi connectivity index (χ0v) is 17.7. The van der Waals surface area contributed by atoms with Gasteiger partial charge in [-0.3, -0.25) is 4.79 Å². The van der Waals surface area contributed by atoms with Gasteiger partial charge in [0.2, 0.25) is 4.74 Å². The lowest BCUT2D eigenvalue weighted by atomic mass is 10.1. The number of carbonyl (C=O) groups is 1. The summed E-state index contributed by atoms with van der Waals surface area (Å²) in [5.41, 5.74) is -1.20. The molecule has 8 heteroatoms. The first-order valence-electron chi connectivity index (χ1n) is 9.81. The summed E-state index contributed by atoms with van der Waals surface area (Å²) in [7, 11) is 0. The van der Waals surface area contributed by atoms with Crippen LogP contribution < -0.4 is 9.48 Å².